The average Bonchev–Trinajstić information content (AvgIpc) is 2.60. The minimum atomic E-state index is -4.07. The van der Waals surface area contributed by atoms with Gasteiger partial charge in [0.05, 0.1) is 19.8 Å². The second-order valence-electron chi connectivity index (χ2n) is 5.94. The normalized spacial score (nSPS) is 28.3. The maximum atomic E-state index is 12.2. The molecule has 0 aromatic rings. The first-order valence-corrected chi connectivity index (χ1v) is 6.44. The predicted molar refractivity (Wildman–Crippen MR) is 62.4 cm³/mol. The molecule has 1 N–H and O–H groups in total. The summed E-state index contributed by atoms with van der Waals surface area (Å²) in [5.41, 5.74) is 0.226. The fourth-order valence-electron chi connectivity index (χ4n) is 2.61. The fourth-order valence-corrected chi connectivity index (χ4v) is 2.61. The van der Waals surface area contributed by atoms with E-state index in [-0.39, 0.29) is 5.41 Å². The molecular weight excluding hydrogens is 245 g/mol. The Labute approximate surface area is 106 Å². The van der Waals surface area contributed by atoms with Gasteiger partial charge in [0.1, 0.15) is 0 Å². The van der Waals surface area contributed by atoms with Crippen LogP contribution in [0.4, 0.5) is 13.2 Å². The van der Waals surface area contributed by atoms with Gasteiger partial charge in [0, 0.05) is 18.5 Å². The number of alkyl halides is 3. The maximum Gasteiger partial charge on any atom is 0.401 e. The number of halogens is 3. The van der Waals surface area contributed by atoms with E-state index in [1.54, 1.807) is 0 Å². The Balaban J connectivity index is 1.61. The average molecular weight is 266 g/mol. The Morgan fingerprint density at radius 3 is 2.67 bits per heavy atom. The molecular formula is C12H21F3N2O. The molecule has 0 aliphatic carbocycles. The minimum Gasteiger partial charge on any atom is -0.380 e. The van der Waals surface area contributed by atoms with Crippen LogP contribution in [-0.2, 0) is 4.74 Å². The van der Waals surface area contributed by atoms with Crippen molar-refractivity contribution in [2.45, 2.75) is 19.5 Å². The van der Waals surface area contributed by atoms with E-state index in [0.717, 1.165) is 32.7 Å². The van der Waals surface area contributed by atoms with Crippen molar-refractivity contribution in [1.29, 1.82) is 0 Å². The molecule has 2 aliphatic rings. The summed E-state index contributed by atoms with van der Waals surface area (Å²) >= 11 is 0. The van der Waals surface area contributed by atoms with Crippen LogP contribution in [0.3, 0.4) is 0 Å². The zero-order valence-electron chi connectivity index (χ0n) is 10.7. The molecule has 0 amide bonds. The van der Waals surface area contributed by atoms with Gasteiger partial charge >= 0.3 is 6.18 Å². The largest absolute Gasteiger partial charge is 0.401 e. The van der Waals surface area contributed by atoms with Crippen LogP contribution in [-0.4, -0.2) is 57.0 Å². The quantitative estimate of drug-likeness (QED) is 0.816. The molecule has 2 saturated heterocycles. The van der Waals surface area contributed by atoms with Gasteiger partial charge in [0.15, 0.2) is 0 Å². The number of hydrogen-bond donors (Lipinski definition) is 1. The molecule has 1 unspecified atom stereocenters. The van der Waals surface area contributed by atoms with Gasteiger partial charge in [0.25, 0.3) is 0 Å². The van der Waals surface area contributed by atoms with Gasteiger partial charge in [0.2, 0.25) is 0 Å². The van der Waals surface area contributed by atoms with Crippen molar-refractivity contribution < 1.29 is 17.9 Å². The van der Waals surface area contributed by atoms with Gasteiger partial charge in [-0.1, -0.05) is 6.92 Å². The van der Waals surface area contributed by atoms with Crippen molar-refractivity contribution in [3.8, 4) is 0 Å². The highest BCUT2D eigenvalue weighted by atomic mass is 19.4. The molecule has 2 rings (SSSR count). The molecule has 1 atom stereocenters. The highest BCUT2D eigenvalue weighted by Crippen LogP contribution is 2.26. The van der Waals surface area contributed by atoms with Gasteiger partial charge in [-0.15, -0.1) is 0 Å². The lowest BCUT2D eigenvalue weighted by Crippen LogP contribution is -2.48. The first kappa shape index (κ1) is 14.1. The second-order valence-corrected chi connectivity index (χ2v) is 5.94. The van der Waals surface area contributed by atoms with Crippen LogP contribution in [0, 0.1) is 11.3 Å². The number of nitrogens with one attached hydrogen (secondary N) is 1. The lowest BCUT2D eigenvalue weighted by Gasteiger charge is -2.38. The number of nitrogens with zero attached hydrogens (tertiary/aromatic N) is 1. The van der Waals surface area contributed by atoms with Crippen molar-refractivity contribution in [1.82, 2.24) is 10.2 Å². The summed E-state index contributed by atoms with van der Waals surface area (Å²) in [5.74, 6) is 0.344. The summed E-state index contributed by atoms with van der Waals surface area (Å²) in [5, 5.41) is 3.37. The Kier molecular flexibility index (Phi) is 4.18. The minimum absolute atomic E-state index is 0.226. The van der Waals surface area contributed by atoms with Gasteiger partial charge in [-0.2, -0.15) is 13.2 Å². The summed E-state index contributed by atoms with van der Waals surface area (Å²) in [6.45, 7) is 5.78. The highest BCUT2D eigenvalue weighted by Gasteiger charge is 2.35. The van der Waals surface area contributed by atoms with Crippen LogP contribution >= 0.6 is 0 Å². The Hall–Kier alpha value is -0.330. The first-order chi connectivity index (χ1) is 8.36. The molecule has 0 aromatic carbocycles. The molecule has 3 nitrogen and oxygen atoms in total. The van der Waals surface area contributed by atoms with E-state index in [9.17, 15) is 13.2 Å². The summed E-state index contributed by atoms with van der Waals surface area (Å²) in [6, 6.07) is 0. The third-order valence-electron chi connectivity index (χ3n) is 3.66. The van der Waals surface area contributed by atoms with Crippen LogP contribution in [0.2, 0.25) is 0 Å². The summed E-state index contributed by atoms with van der Waals surface area (Å²) in [4.78, 5) is 1.50. The van der Waals surface area contributed by atoms with E-state index in [2.05, 4.69) is 12.2 Å². The summed E-state index contributed by atoms with van der Waals surface area (Å²) in [6.07, 6.45) is -3.21. The third kappa shape index (κ3) is 4.10. The van der Waals surface area contributed by atoms with Crippen LogP contribution in [0.1, 0.15) is 13.3 Å². The van der Waals surface area contributed by atoms with Crippen molar-refractivity contribution in [3.05, 3.63) is 0 Å². The van der Waals surface area contributed by atoms with Crippen LogP contribution < -0.4 is 5.32 Å². The monoisotopic (exact) mass is 266 g/mol. The number of hydrogen-bond acceptors (Lipinski definition) is 3. The molecule has 106 valence electrons. The standard InChI is InChI=1S/C12H21F3N2O/c1-11(8-18-9-11)6-16-4-10-2-3-17(5-10)7-12(13,14)15/h10,16H,2-9H2,1H3. The molecule has 6 heteroatoms. The summed E-state index contributed by atoms with van der Waals surface area (Å²) < 4.78 is 41.8. The van der Waals surface area contributed by atoms with E-state index in [4.69, 9.17) is 4.74 Å². The molecule has 18 heavy (non-hydrogen) atoms. The van der Waals surface area contributed by atoms with E-state index in [0.29, 0.717) is 19.0 Å². The lowest BCUT2D eigenvalue weighted by molar-refractivity contribution is -0.143. The summed E-state index contributed by atoms with van der Waals surface area (Å²) in [7, 11) is 0. The molecule has 0 spiro atoms. The lowest BCUT2D eigenvalue weighted by atomic mass is 9.88. The number of likely N-dealkylation sites (tertiary alicyclic amines) is 1. The Morgan fingerprint density at radius 2 is 2.11 bits per heavy atom. The van der Waals surface area contributed by atoms with Crippen molar-refractivity contribution in [3.63, 3.8) is 0 Å². The topological polar surface area (TPSA) is 24.5 Å². The third-order valence-corrected chi connectivity index (χ3v) is 3.66. The number of rotatable bonds is 5. The van der Waals surface area contributed by atoms with Crippen molar-refractivity contribution >= 4 is 0 Å². The first-order valence-electron chi connectivity index (χ1n) is 6.44. The van der Waals surface area contributed by atoms with Gasteiger partial charge < -0.3 is 10.1 Å². The second kappa shape index (κ2) is 5.35. The molecule has 0 bridgehead atoms. The molecule has 2 fully saturated rings. The molecule has 2 heterocycles. The van der Waals surface area contributed by atoms with Gasteiger partial charge in [-0.25, -0.2) is 0 Å². The maximum absolute atomic E-state index is 12.2. The van der Waals surface area contributed by atoms with Gasteiger partial charge in [-0.3, -0.25) is 4.90 Å². The smallest absolute Gasteiger partial charge is 0.380 e. The van der Waals surface area contributed by atoms with E-state index >= 15 is 0 Å². The van der Waals surface area contributed by atoms with Crippen LogP contribution in [0.5, 0.6) is 0 Å². The highest BCUT2D eigenvalue weighted by molar-refractivity contribution is 4.84. The number of ether oxygens (including phenoxy) is 1. The zero-order chi connectivity index (χ0) is 13.2. The van der Waals surface area contributed by atoms with Crippen molar-refractivity contribution in [2.24, 2.45) is 11.3 Å². The Bertz CT molecular complexity index is 279. The molecule has 2 aliphatic heterocycles. The Morgan fingerprint density at radius 1 is 1.39 bits per heavy atom. The van der Waals surface area contributed by atoms with Crippen LogP contribution in [0.25, 0.3) is 0 Å². The van der Waals surface area contributed by atoms with Crippen LogP contribution in [0.15, 0.2) is 0 Å². The van der Waals surface area contributed by atoms with E-state index < -0.39 is 12.7 Å². The SMILES string of the molecule is CC1(CNCC2CCN(CC(F)(F)F)C2)COC1. The molecule has 0 aromatic heterocycles. The predicted octanol–water partition coefficient (Wildman–Crippen LogP) is 1.50. The van der Waals surface area contributed by atoms with E-state index in [1.165, 1.54) is 4.90 Å². The fraction of sp³-hybridized carbons (Fsp3) is 1.00. The van der Waals surface area contributed by atoms with E-state index in [1.807, 2.05) is 0 Å². The van der Waals surface area contributed by atoms with Gasteiger partial charge in [-0.05, 0) is 25.4 Å². The van der Waals surface area contributed by atoms with Crippen molar-refractivity contribution in [2.75, 3.05) is 45.9 Å². The zero-order valence-corrected chi connectivity index (χ0v) is 10.7. The molecule has 0 saturated carbocycles. The molecule has 0 radical (unpaired) electrons.